The van der Waals surface area contributed by atoms with Gasteiger partial charge in [-0.15, -0.1) is 0 Å². The molecule has 2 aromatic carbocycles. The molecule has 31 heavy (non-hydrogen) atoms. The highest BCUT2D eigenvalue weighted by Gasteiger charge is 2.32. The molecule has 1 saturated heterocycles. The van der Waals surface area contributed by atoms with E-state index in [1.165, 1.54) is 22.0 Å². The molecular weight excluding hydrogens is 414 g/mol. The van der Waals surface area contributed by atoms with Gasteiger partial charge in [0, 0.05) is 38.3 Å². The topological polar surface area (TPSA) is 79.0 Å². The summed E-state index contributed by atoms with van der Waals surface area (Å²) in [5.74, 6) is -0.217. The standard InChI is InChI=1S/C23H31N3O4S/c1-18-15-26(16-19(2)30-18)31(28,29)22-11-9-21(10-12-22)23(27)24-13-14-25(3)17-20-7-5-4-6-8-20/h4-12,18-19H,13-17H2,1-3H3,(H,24,27). The molecule has 1 amide bonds. The first-order valence-corrected chi connectivity index (χ1v) is 12.0. The van der Waals surface area contributed by atoms with E-state index in [1.807, 2.05) is 39.1 Å². The number of rotatable bonds is 8. The van der Waals surface area contributed by atoms with E-state index in [2.05, 4.69) is 22.3 Å². The molecule has 0 saturated carbocycles. The van der Waals surface area contributed by atoms with Crippen LogP contribution in [0, 0.1) is 0 Å². The van der Waals surface area contributed by atoms with Crippen LogP contribution < -0.4 is 5.32 Å². The highest BCUT2D eigenvalue weighted by Crippen LogP contribution is 2.21. The Hall–Kier alpha value is -2.26. The fraction of sp³-hybridized carbons (Fsp3) is 0.435. The maximum Gasteiger partial charge on any atom is 0.251 e. The van der Waals surface area contributed by atoms with Gasteiger partial charge in [-0.2, -0.15) is 4.31 Å². The summed E-state index contributed by atoms with van der Waals surface area (Å²) in [4.78, 5) is 14.7. The number of nitrogens with one attached hydrogen (secondary N) is 1. The zero-order valence-electron chi connectivity index (χ0n) is 18.3. The summed E-state index contributed by atoms with van der Waals surface area (Å²) in [7, 11) is -1.61. The van der Waals surface area contributed by atoms with Crippen molar-refractivity contribution in [1.29, 1.82) is 0 Å². The average Bonchev–Trinajstić information content (AvgIpc) is 2.74. The van der Waals surface area contributed by atoms with E-state index in [0.717, 1.165) is 6.54 Å². The molecule has 8 heteroatoms. The Morgan fingerprint density at radius 2 is 1.68 bits per heavy atom. The van der Waals surface area contributed by atoms with E-state index in [0.29, 0.717) is 31.7 Å². The van der Waals surface area contributed by atoms with Crippen molar-refractivity contribution in [1.82, 2.24) is 14.5 Å². The average molecular weight is 446 g/mol. The van der Waals surface area contributed by atoms with Gasteiger partial charge < -0.3 is 15.0 Å². The Bertz CT molecular complexity index is 954. The molecule has 168 valence electrons. The molecule has 1 aliphatic heterocycles. The molecule has 2 unspecified atom stereocenters. The number of amides is 1. The molecule has 0 bridgehead atoms. The molecule has 0 aliphatic carbocycles. The molecule has 3 rings (SSSR count). The van der Waals surface area contributed by atoms with Gasteiger partial charge in [0.25, 0.3) is 5.91 Å². The van der Waals surface area contributed by atoms with Gasteiger partial charge in [0.15, 0.2) is 0 Å². The van der Waals surface area contributed by atoms with Crippen LogP contribution in [0.3, 0.4) is 0 Å². The number of nitrogens with zero attached hydrogens (tertiary/aromatic N) is 2. The predicted molar refractivity (Wildman–Crippen MR) is 120 cm³/mol. The first-order chi connectivity index (χ1) is 14.8. The Morgan fingerprint density at radius 3 is 2.29 bits per heavy atom. The van der Waals surface area contributed by atoms with Gasteiger partial charge >= 0.3 is 0 Å². The zero-order valence-corrected chi connectivity index (χ0v) is 19.1. The number of sulfonamides is 1. The summed E-state index contributed by atoms with van der Waals surface area (Å²) in [5.41, 5.74) is 1.66. The van der Waals surface area contributed by atoms with Gasteiger partial charge in [-0.25, -0.2) is 8.42 Å². The Balaban J connectivity index is 1.52. The second kappa shape index (κ2) is 10.4. The lowest BCUT2D eigenvalue weighted by atomic mass is 10.2. The van der Waals surface area contributed by atoms with Crippen molar-refractivity contribution in [3.63, 3.8) is 0 Å². The molecule has 1 N–H and O–H groups in total. The van der Waals surface area contributed by atoms with Gasteiger partial charge in [0.1, 0.15) is 0 Å². The molecular formula is C23H31N3O4S. The molecule has 2 atom stereocenters. The normalized spacial score (nSPS) is 20.0. The van der Waals surface area contributed by atoms with Crippen molar-refractivity contribution in [2.75, 3.05) is 33.2 Å². The van der Waals surface area contributed by atoms with Crippen LogP contribution in [-0.4, -0.2) is 69.0 Å². The minimum atomic E-state index is -3.61. The summed E-state index contributed by atoms with van der Waals surface area (Å²) >= 11 is 0. The first kappa shape index (κ1) is 23.4. The number of hydrogen-bond acceptors (Lipinski definition) is 5. The van der Waals surface area contributed by atoms with Gasteiger partial charge in [0.2, 0.25) is 10.0 Å². The van der Waals surface area contributed by atoms with Crippen molar-refractivity contribution in [3.05, 3.63) is 65.7 Å². The second-order valence-electron chi connectivity index (χ2n) is 8.08. The monoisotopic (exact) mass is 445 g/mol. The molecule has 1 heterocycles. The molecule has 7 nitrogen and oxygen atoms in total. The predicted octanol–water partition coefficient (Wildman–Crippen LogP) is 2.35. The lowest BCUT2D eigenvalue weighted by Gasteiger charge is -2.34. The van der Waals surface area contributed by atoms with E-state index in [-0.39, 0.29) is 23.0 Å². The van der Waals surface area contributed by atoms with Gasteiger partial charge in [-0.1, -0.05) is 30.3 Å². The smallest absolute Gasteiger partial charge is 0.251 e. The van der Waals surface area contributed by atoms with Crippen molar-refractivity contribution < 1.29 is 17.9 Å². The molecule has 0 radical (unpaired) electrons. The Kier molecular flexibility index (Phi) is 7.83. The number of benzene rings is 2. The minimum Gasteiger partial charge on any atom is -0.373 e. The zero-order chi connectivity index (χ0) is 22.4. The molecule has 0 spiro atoms. The minimum absolute atomic E-state index is 0.149. The van der Waals surface area contributed by atoms with Gasteiger partial charge in [-0.3, -0.25) is 4.79 Å². The maximum absolute atomic E-state index is 12.9. The number of ether oxygens (including phenoxy) is 1. The first-order valence-electron chi connectivity index (χ1n) is 10.5. The van der Waals surface area contributed by atoms with E-state index in [4.69, 9.17) is 4.74 Å². The fourth-order valence-electron chi connectivity index (χ4n) is 3.69. The number of carbonyl (C=O) groups excluding carboxylic acids is 1. The number of likely N-dealkylation sites (N-methyl/N-ethyl adjacent to an activating group) is 1. The molecule has 2 aromatic rings. The third-order valence-corrected chi connectivity index (χ3v) is 7.06. The van der Waals surface area contributed by atoms with Gasteiger partial charge in [0.05, 0.1) is 17.1 Å². The quantitative estimate of drug-likeness (QED) is 0.675. The Labute approximate surface area is 185 Å². The van der Waals surface area contributed by atoms with Crippen LogP contribution in [0.15, 0.2) is 59.5 Å². The third-order valence-electron chi connectivity index (χ3n) is 5.21. The fourth-order valence-corrected chi connectivity index (χ4v) is 5.28. The lowest BCUT2D eigenvalue weighted by molar-refractivity contribution is -0.0440. The summed E-state index contributed by atoms with van der Waals surface area (Å²) < 4.78 is 32.9. The maximum atomic E-state index is 12.9. The van der Waals surface area contributed by atoms with Crippen LogP contribution in [0.4, 0.5) is 0 Å². The van der Waals surface area contributed by atoms with Crippen LogP contribution in [-0.2, 0) is 21.3 Å². The summed E-state index contributed by atoms with van der Waals surface area (Å²) in [6.45, 7) is 6.40. The largest absolute Gasteiger partial charge is 0.373 e. The van der Waals surface area contributed by atoms with Crippen LogP contribution >= 0.6 is 0 Å². The van der Waals surface area contributed by atoms with Crippen LogP contribution in [0.1, 0.15) is 29.8 Å². The van der Waals surface area contributed by atoms with Crippen molar-refractivity contribution in [3.8, 4) is 0 Å². The SMILES string of the molecule is CC1CN(S(=O)(=O)c2ccc(C(=O)NCCN(C)Cc3ccccc3)cc2)CC(C)O1. The molecule has 1 aliphatic rings. The summed E-state index contributed by atoms with van der Waals surface area (Å²) in [5, 5.41) is 2.89. The summed E-state index contributed by atoms with van der Waals surface area (Å²) in [6.07, 6.45) is -0.299. The molecule has 0 aromatic heterocycles. The third kappa shape index (κ3) is 6.36. The van der Waals surface area contributed by atoms with Crippen LogP contribution in [0.25, 0.3) is 0 Å². The lowest BCUT2D eigenvalue weighted by Crippen LogP contribution is -2.48. The second-order valence-corrected chi connectivity index (χ2v) is 10.0. The van der Waals surface area contributed by atoms with E-state index >= 15 is 0 Å². The number of hydrogen-bond donors (Lipinski definition) is 1. The highest BCUT2D eigenvalue weighted by molar-refractivity contribution is 7.89. The van der Waals surface area contributed by atoms with Crippen molar-refractivity contribution >= 4 is 15.9 Å². The Morgan fingerprint density at radius 1 is 1.06 bits per heavy atom. The van der Waals surface area contributed by atoms with Crippen LogP contribution in [0.2, 0.25) is 0 Å². The van der Waals surface area contributed by atoms with E-state index in [9.17, 15) is 13.2 Å². The van der Waals surface area contributed by atoms with Crippen molar-refractivity contribution in [2.45, 2.75) is 37.5 Å². The van der Waals surface area contributed by atoms with Gasteiger partial charge in [-0.05, 0) is 50.7 Å². The number of morpholine rings is 1. The highest BCUT2D eigenvalue weighted by atomic mass is 32.2. The number of carbonyl (C=O) groups is 1. The summed E-state index contributed by atoms with van der Waals surface area (Å²) in [6, 6.07) is 16.3. The van der Waals surface area contributed by atoms with E-state index < -0.39 is 10.0 Å². The van der Waals surface area contributed by atoms with Crippen LogP contribution in [0.5, 0.6) is 0 Å². The van der Waals surface area contributed by atoms with E-state index in [1.54, 1.807) is 12.1 Å². The van der Waals surface area contributed by atoms with Crippen molar-refractivity contribution in [2.24, 2.45) is 0 Å². The molecule has 1 fully saturated rings.